The summed E-state index contributed by atoms with van der Waals surface area (Å²) in [5.74, 6) is 4.79. The number of carbonyl (C=O) groups excluding carboxylic acids is 1. The molecule has 0 aliphatic heterocycles. The summed E-state index contributed by atoms with van der Waals surface area (Å²) < 4.78 is 12.2. The predicted octanol–water partition coefficient (Wildman–Crippen LogP) is 12.9. The summed E-state index contributed by atoms with van der Waals surface area (Å²) in [6.07, 6.45) is 33.8. The molecule has 302 valence electrons. The molecule has 1 aromatic carbocycles. The van der Waals surface area contributed by atoms with Crippen LogP contribution in [0.5, 0.6) is 0 Å². The quantitative estimate of drug-likeness (QED) is 0.0664. The molecule has 0 radical (unpaired) electrons. The molecule has 3 unspecified atom stereocenters. The zero-order chi connectivity index (χ0) is 37.7. The molecule has 4 saturated carbocycles. The van der Waals surface area contributed by atoms with Crippen LogP contribution in [-0.2, 0) is 20.7 Å². The maximum atomic E-state index is 12.7. The number of rotatable bonds is 23. The first-order chi connectivity index (χ1) is 25.6. The van der Waals surface area contributed by atoms with Crippen LogP contribution in [0.1, 0.15) is 194 Å². The van der Waals surface area contributed by atoms with Crippen molar-refractivity contribution >= 4 is 17.3 Å². The van der Waals surface area contributed by atoms with Gasteiger partial charge in [-0.15, -0.1) is 0 Å². The van der Waals surface area contributed by atoms with E-state index in [2.05, 4.69) is 27.7 Å². The number of esters is 1. The third-order valence-electron chi connectivity index (χ3n) is 15.7. The maximum Gasteiger partial charge on any atom is 0.305 e. The second-order valence-electron chi connectivity index (χ2n) is 19.2. The van der Waals surface area contributed by atoms with E-state index >= 15 is 0 Å². The normalized spacial score (nSPS) is 31.4. The number of nitrogen functional groups attached to an aromatic ring is 2. The number of anilines is 2. The molecule has 4 fully saturated rings. The highest BCUT2D eigenvalue weighted by atomic mass is 16.5. The second-order valence-corrected chi connectivity index (χ2v) is 19.2. The molecule has 0 heterocycles. The minimum Gasteiger partial charge on any atom is -0.466 e. The Labute approximate surface area is 326 Å². The zero-order valence-corrected chi connectivity index (χ0v) is 35.0. The molecule has 5 nitrogen and oxygen atoms in total. The van der Waals surface area contributed by atoms with Crippen LogP contribution in [0.3, 0.4) is 0 Å². The number of fused-ring (bicyclic) bond motifs is 5. The Hall–Kier alpha value is -1.75. The van der Waals surface area contributed by atoms with Crippen molar-refractivity contribution in [3.8, 4) is 0 Å². The van der Waals surface area contributed by atoms with Crippen LogP contribution in [0.4, 0.5) is 11.4 Å². The molecule has 9 atom stereocenters. The van der Waals surface area contributed by atoms with E-state index in [9.17, 15) is 4.79 Å². The fraction of sp³-hybridized carbons (Fsp3) is 0.854. The Morgan fingerprint density at radius 3 is 2.00 bits per heavy atom. The van der Waals surface area contributed by atoms with Crippen LogP contribution < -0.4 is 11.5 Å². The van der Waals surface area contributed by atoms with Crippen LogP contribution in [0.15, 0.2) is 18.2 Å². The first-order valence-corrected chi connectivity index (χ1v) is 23.1. The van der Waals surface area contributed by atoms with Gasteiger partial charge in [-0.25, -0.2) is 0 Å². The molecular weight excluding hydrogens is 653 g/mol. The highest BCUT2D eigenvalue weighted by molar-refractivity contribution is 5.69. The maximum absolute atomic E-state index is 12.7. The highest BCUT2D eigenvalue weighted by Gasteiger charge is 2.60. The van der Waals surface area contributed by atoms with E-state index in [1.54, 1.807) is 0 Å². The Bertz CT molecular complexity index is 1210. The van der Waals surface area contributed by atoms with Gasteiger partial charge in [-0.2, -0.15) is 0 Å². The van der Waals surface area contributed by atoms with Crippen LogP contribution >= 0.6 is 0 Å². The van der Waals surface area contributed by atoms with Crippen molar-refractivity contribution in [1.82, 2.24) is 0 Å². The molecule has 0 spiro atoms. The van der Waals surface area contributed by atoms with Crippen LogP contribution in [0.25, 0.3) is 0 Å². The Morgan fingerprint density at radius 1 is 0.736 bits per heavy atom. The summed E-state index contributed by atoms with van der Waals surface area (Å²) in [5, 5.41) is 0. The number of nitrogens with two attached hydrogens (primary N) is 2. The van der Waals surface area contributed by atoms with Crippen LogP contribution in [0.2, 0.25) is 0 Å². The van der Waals surface area contributed by atoms with Gasteiger partial charge in [0, 0.05) is 17.8 Å². The average Bonchev–Trinajstić information content (AvgIpc) is 3.49. The van der Waals surface area contributed by atoms with Crippen LogP contribution in [0, 0.1) is 46.3 Å². The predicted molar refractivity (Wildman–Crippen MR) is 224 cm³/mol. The first-order valence-electron chi connectivity index (χ1n) is 23.1. The lowest BCUT2D eigenvalue weighted by molar-refractivity contribution is -0.145. The highest BCUT2D eigenvalue weighted by Crippen LogP contribution is 2.68. The van der Waals surface area contributed by atoms with E-state index in [4.69, 9.17) is 20.9 Å². The number of benzene rings is 1. The molecule has 4 aliphatic rings. The average molecular weight is 735 g/mol. The fourth-order valence-electron chi connectivity index (χ4n) is 12.7. The fourth-order valence-corrected chi connectivity index (χ4v) is 12.7. The van der Waals surface area contributed by atoms with E-state index in [1.807, 2.05) is 18.2 Å². The van der Waals surface area contributed by atoms with E-state index in [0.717, 1.165) is 66.8 Å². The van der Waals surface area contributed by atoms with Gasteiger partial charge in [0.2, 0.25) is 0 Å². The van der Waals surface area contributed by atoms with Gasteiger partial charge in [0.05, 0.1) is 19.3 Å². The van der Waals surface area contributed by atoms with Gasteiger partial charge in [-0.05, 0) is 147 Å². The van der Waals surface area contributed by atoms with Crippen LogP contribution in [-0.4, -0.2) is 25.3 Å². The minimum atomic E-state index is 0.0373. The van der Waals surface area contributed by atoms with Crippen molar-refractivity contribution in [2.45, 2.75) is 201 Å². The Kier molecular flexibility index (Phi) is 16.8. The van der Waals surface area contributed by atoms with E-state index in [-0.39, 0.29) is 5.97 Å². The first kappa shape index (κ1) is 42.4. The smallest absolute Gasteiger partial charge is 0.305 e. The third kappa shape index (κ3) is 11.6. The van der Waals surface area contributed by atoms with Crippen molar-refractivity contribution in [3.63, 3.8) is 0 Å². The molecule has 1 aromatic rings. The zero-order valence-electron chi connectivity index (χ0n) is 35.0. The summed E-state index contributed by atoms with van der Waals surface area (Å²) in [5.41, 5.74) is 15.6. The van der Waals surface area contributed by atoms with Crippen molar-refractivity contribution in [3.05, 3.63) is 23.8 Å². The number of hydrogen-bond donors (Lipinski definition) is 2. The van der Waals surface area contributed by atoms with Gasteiger partial charge in [0.1, 0.15) is 0 Å². The topological polar surface area (TPSA) is 87.6 Å². The molecule has 4 aliphatic carbocycles. The van der Waals surface area contributed by atoms with Gasteiger partial charge in [0.25, 0.3) is 0 Å². The van der Waals surface area contributed by atoms with Crippen molar-refractivity contribution < 1.29 is 14.3 Å². The second kappa shape index (κ2) is 21.0. The molecule has 0 amide bonds. The molecule has 5 rings (SSSR count). The molecule has 4 N–H and O–H groups in total. The molecule has 0 saturated heterocycles. The number of hydrogen-bond acceptors (Lipinski definition) is 5. The molecule has 0 aromatic heterocycles. The Balaban J connectivity index is 0.948. The SMILES string of the molecule is CCCCCCCCCCCCCCCCOC(=O)CCC(C)[C@H]1CC[C@H]2[C@@H]3CCC4CC(OCCc5cc(N)cc(N)c5)CC[C@]4(C)[C@H]3CC[C@]12C. The van der Waals surface area contributed by atoms with Gasteiger partial charge >= 0.3 is 5.97 Å². The molecule has 0 bridgehead atoms. The molecular formula is C48H82N2O3. The number of carbonyl (C=O) groups is 1. The third-order valence-corrected chi connectivity index (χ3v) is 15.7. The van der Waals surface area contributed by atoms with Gasteiger partial charge in [-0.3, -0.25) is 4.79 Å². The summed E-state index contributed by atoms with van der Waals surface area (Å²) in [6.45, 7) is 11.4. The lowest BCUT2D eigenvalue weighted by Gasteiger charge is -2.61. The molecule has 53 heavy (non-hydrogen) atoms. The van der Waals surface area contributed by atoms with Gasteiger partial charge < -0.3 is 20.9 Å². The van der Waals surface area contributed by atoms with Gasteiger partial charge in [-0.1, -0.05) is 111 Å². The summed E-state index contributed by atoms with van der Waals surface area (Å²) >= 11 is 0. The summed E-state index contributed by atoms with van der Waals surface area (Å²) in [6, 6.07) is 5.88. The number of ether oxygens (including phenoxy) is 2. The number of unbranched alkanes of at least 4 members (excludes halogenated alkanes) is 13. The summed E-state index contributed by atoms with van der Waals surface area (Å²) in [7, 11) is 0. The standard InChI is InChI=1S/C48H82N2O3/c1-5-6-7-8-9-10-11-12-13-14-15-16-17-18-30-53-46(51)24-19-36(2)43-22-23-44-42-21-20-38-34-41(52-31-27-37-32-39(49)35-40(50)33-37)25-28-47(38,3)45(42)26-29-48(43,44)4/h32-33,35-36,38,41-45H,5-31,34,49-50H2,1-4H3/t36?,38?,41?,42-,43+,44-,45-,47-,48+/m0/s1. The molecule has 5 heteroatoms. The van der Waals surface area contributed by atoms with Crippen molar-refractivity contribution in [1.29, 1.82) is 0 Å². The summed E-state index contributed by atoms with van der Waals surface area (Å²) in [4.78, 5) is 12.7. The monoisotopic (exact) mass is 735 g/mol. The van der Waals surface area contributed by atoms with Crippen molar-refractivity contribution in [2.75, 3.05) is 24.7 Å². The van der Waals surface area contributed by atoms with E-state index in [1.165, 1.54) is 147 Å². The minimum absolute atomic E-state index is 0.0373. The van der Waals surface area contributed by atoms with E-state index in [0.29, 0.717) is 35.9 Å². The van der Waals surface area contributed by atoms with Gasteiger partial charge in [0.15, 0.2) is 0 Å². The lowest BCUT2D eigenvalue weighted by Crippen LogP contribution is -2.54. The Morgan fingerprint density at radius 2 is 1.34 bits per heavy atom. The largest absolute Gasteiger partial charge is 0.466 e. The lowest BCUT2D eigenvalue weighted by atomic mass is 9.44. The van der Waals surface area contributed by atoms with Crippen molar-refractivity contribution in [2.24, 2.45) is 46.3 Å². The van der Waals surface area contributed by atoms with E-state index < -0.39 is 0 Å².